The van der Waals surface area contributed by atoms with E-state index in [1.54, 1.807) is 25.1 Å². The maximum absolute atomic E-state index is 13.2. The first-order valence-corrected chi connectivity index (χ1v) is 11.3. The van der Waals surface area contributed by atoms with Crippen molar-refractivity contribution in [2.24, 2.45) is 0 Å². The Morgan fingerprint density at radius 2 is 1.83 bits per heavy atom. The number of rotatable bonds is 7. The summed E-state index contributed by atoms with van der Waals surface area (Å²) in [5.74, 6) is -0.0322. The first-order chi connectivity index (χ1) is 14.0. The van der Waals surface area contributed by atoms with Crippen LogP contribution in [0.5, 0.6) is 5.75 Å². The van der Waals surface area contributed by atoms with Crippen LogP contribution in [-0.2, 0) is 14.8 Å². The Hall–Kier alpha value is -2.64. The van der Waals surface area contributed by atoms with Crippen LogP contribution in [0.2, 0.25) is 0 Å². The van der Waals surface area contributed by atoms with Crippen LogP contribution in [-0.4, -0.2) is 38.3 Å². The van der Waals surface area contributed by atoms with E-state index >= 15 is 0 Å². The summed E-state index contributed by atoms with van der Waals surface area (Å²) >= 11 is 0. The number of ether oxygens (including phenoxy) is 1. The zero-order valence-electron chi connectivity index (χ0n) is 16.5. The van der Waals surface area contributed by atoms with Crippen LogP contribution in [0.4, 0.5) is 5.69 Å². The molecule has 6 nitrogen and oxygen atoms in total. The number of hydrogen-bond acceptors (Lipinski definition) is 4. The van der Waals surface area contributed by atoms with Gasteiger partial charge in [-0.1, -0.05) is 36.8 Å². The van der Waals surface area contributed by atoms with Crippen molar-refractivity contribution in [1.29, 1.82) is 0 Å². The van der Waals surface area contributed by atoms with Crippen molar-refractivity contribution in [3.8, 4) is 5.75 Å². The highest BCUT2D eigenvalue weighted by atomic mass is 32.2. The average molecular weight is 415 g/mol. The van der Waals surface area contributed by atoms with Crippen LogP contribution in [0.15, 0.2) is 59.5 Å². The van der Waals surface area contributed by atoms with Gasteiger partial charge in [0.1, 0.15) is 10.6 Å². The molecule has 0 radical (unpaired) electrons. The van der Waals surface area contributed by atoms with Gasteiger partial charge in [-0.3, -0.25) is 4.79 Å². The largest absolute Gasteiger partial charge is 0.492 e. The fraction of sp³-hybridized carbons (Fsp3) is 0.318. The van der Waals surface area contributed by atoms with Crippen LogP contribution in [0.3, 0.4) is 0 Å². The SMILES string of the molecule is CCOc1ccc(NC(=O)/C=C/c2ccccc2)cc1S(=O)(=O)N1CCCCC1. The molecule has 1 N–H and O–H groups in total. The van der Waals surface area contributed by atoms with Crippen molar-refractivity contribution in [3.63, 3.8) is 0 Å². The van der Waals surface area contributed by atoms with Gasteiger partial charge in [-0.15, -0.1) is 0 Å². The van der Waals surface area contributed by atoms with E-state index in [1.165, 1.54) is 16.4 Å². The number of piperidine rings is 1. The molecule has 1 aliphatic rings. The zero-order chi connectivity index (χ0) is 20.7. The van der Waals surface area contributed by atoms with E-state index in [-0.39, 0.29) is 10.8 Å². The molecule has 0 saturated carbocycles. The maximum Gasteiger partial charge on any atom is 0.248 e. The molecule has 1 saturated heterocycles. The van der Waals surface area contributed by atoms with Crippen molar-refractivity contribution >= 4 is 27.7 Å². The van der Waals surface area contributed by atoms with Crippen molar-refractivity contribution in [2.45, 2.75) is 31.1 Å². The monoisotopic (exact) mass is 414 g/mol. The van der Waals surface area contributed by atoms with Crippen LogP contribution >= 0.6 is 0 Å². The second kappa shape index (κ2) is 9.71. The molecule has 3 rings (SSSR count). The summed E-state index contributed by atoms with van der Waals surface area (Å²) in [5.41, 5.74) is 1.31. The number of benzene rings is 2. The van der Waals surface area contributed by atoms with Crippen molar-refractivity contribution in [2.75, 3.05) is 25.0 Å². The predicted octanol–water partition coefficient (Wildman–Crippen LogP) is 3.91. The lowest BCUT2D eigenvalue weighted by atomic mass is 10.2. The molecule has 1 aliphatic heterocycles. The standard InChI is InChI=1S/C22H26N2O4S/c1-2-28-20-13-12-19(23-22(25)14-11-18-9-5-3-6-10-18)17-21(20)29(26,27)24-15-7-4-8-16-24/h3,5-6,9-14,17H,2,4,7-8,15-16H2,1H3,(H,23,25)/b14-11+. The lowest BCUT2D eigenvalue weighted by Gasteiger charge is -2.26. The van der Waals surface area contributed by atoms with E-state index in [1.807, 2.05) is 30.3 Å². The Morgan fingerprint density at radius 1 is 1.10 bits per heavy atom. The third-order valence-corrected chi connectivity index (χ3v) is 6.59. The molecule has 2 aromatic carbocycles. The number of hydrogen-bond donors (Lipinski definition) is 1. The van der Waals surface area contributed by atoms with Gasteiger partial charge in [0.15, 0.2) is 0 Å². The number of anilines is 1. The number of sulfonamides is 1. The molecular formula is C22H26N2O4S. The first-order valence-electron chi connectivity index (χ1n) is 9.82. The highest BCUT2D eigenvalue weighted by Crippen LogP contribution is 2.31. The van der Waals surface area contributed by atoms with E-state index in [2.05, 4.69) is 5.32 Å². The Morgan fingerprint density at radius 3 is 2.52 bits per heavy atom. The van der Waals surface area contributed by atoms with Crippen molar-refractivity contribution < 1.29 is 17.9 Å². The summed E-state index contributed by atoms with van der Waals surface area (Å²) in [4.78, 5) is 12.4. The van der Waals surface area contributed by atoms with Gasteiger partial charge in [-0.05, 0) is 49.6 Å². The lowest BCUT2D eigenvalue weighted by Crippen LogP contribution is -2.35. The van der Waals surface area contributed by atoms with E-state index in [4.69, 9.17) is 4.74 Å². The van der Waals surface area contributed by atoms with Crippen molar-refractivity contribution in [1.82, 2.24) is 4.31 Å². The quantitative estimate of drug-likeness (QED) is 0.697. The summed E-state index contributed by atoms with van der Waals surface area (Å²) in [6, 6.07) is 14.2. The van der Waals surface area contributed by atoms with Gasteiger partial charge in [-0.2, -0.15) is 4.31 Å². The highest BCUT2D eigenvalue weighted by molar-refractivity contribution is 7.89. The third-order valence-electron chi connectivity index (χ3n) is 4.67. The van der Waals surface area contributed by atoms with E-state index in [0.717, 1.165) is 24.8 Å². The average Bonchev–Trinajstić information content (AvgIpc) is 2.75. The fourth-order valence-electron chi connectivity index (χ4n) is 3.23. The summed E-state index contributed by atoms with van der Waals surface area (Å²) in [6.07, 6.45) is 5.86. The van der Waals surface area contributed by atoms with Crippen LogP contribution in [0.25, 0.3) is 6.08 Å². The minimum atomic E-state index is -3.69. The van der Waals surface area contributed by atoms with Gasteiger partial charge in [0, 0.05) is 24.9 Å². The Bertz CT molecular complexity index is 966. The molecule has 0 atom stereocenters. The minimum absolute atomic E-state index is 0.0890. The highest BCUT2D eigenvalue weighted by Gasteiger charge is 2.29. The molecule has 0 aliphatic carbocycles. The van der Waals surface area contributed by atoms with Gasteiger partial charge in [0.2, 0.25) is 15.9 Å². The second-order valence-corrected chi connectivity index (χ2v) is 8.70. The topological polar surface area (TPSA) is 75.7 Å². The fourth-order valence-corrected chi connectivity index (χ4v) is 4.90. The van der Waals surface area contributed by atoms with Gasteiger partial charge in [0.25, 0.3) is 0 Å². The van der Waals surface area contributed by atoms with Gasteiger partial charge in [0.05, 0.1) is 6.61 Å². The molecule has 1 heterocycles. The second-order valence-electron chi connectivity index (χ2n) is 6.79. The molecule has 0 bridgehead atoms. The number of carbonyl (C=O) groups excluding carboxylic acids is 1. The van der Waals surface area contributed by atoms with Gasteiger partial charge in [-0.25, -0.2) is 8.42 Å². The van der Waals surface area contributed by atoms with Crippen LogP contribution in [0, 0.1) is 0 Å². The predicted molar refractivity (Wildman–Crippen MR) is 114 cm³/mol. The molecule has 154 valence electrons. The maximum atomic E-state index is 13.2. The molecule has 2 aromatic rings. The van der Waals surface area contributed by atoms with Crippen molar-refractivity contribution in [3.05, 3.63) is 60.2 Å². The number of carbonyl (C=O) groups is 1. The number of amides is 1. The molecule has 0 aromatic heterocycles. The van der Waals surface area contributed by atoms with Crippen LogP contribution in [0.1, 0.15) is 31.7 Å². The molecular weight excluding hydrogens is 388 g/mol. The first kappa shape index (κ1) is 21.1. The smallest absolute Gasteiger partial charge is 0.248 e. The lowest BCUT2D eigenvalue weighted by molar-refractivity contribution is -0.111. The zero-order valence-corrected chi connectivity index (χ0v) is 17.3. The Balaban J connectivity index is 1.82. The summed E-state index contributed by atoms with van der Waals surface area (Å²) < 4.78 is 33.3. The van der Waals surface area contributed by atoms with Crippen LogP contribution < -0.4 is 10.1 Å². The van der Waals surface area contributed by atoms with Gasteiger partial charge >= 0.3 is 0 Å². The molecule has 0 unspecified atom stereocenters. The molecule has 0 spiro atoms. The third kappa shape index (κ3) is 5.46. The van der Waals surface area contributed by atoms with E-state index < -0.39 is 10.0 Å². The summed E-state index contributed by atoms with van der Waals surface area (Å²) in [7, 11) is -3.69. The van der Waals surface area contributed by atoms with Gasteiger partial charge < -0.3 is 10.1 Å². The molecule has 29 heavy (non-hydrogen) atoms. The Kier molecular flexibility index (Phi) is 7.06. The number of nitrogens with zero attached hydrogens (tertiary/aromatic N) is 1. The Labute approximate surface area is 172 Å². The van der Waals surface area contributed by atoms with E-state index in [9.17, 15) is 13.2 Å². The normalized spacial score (nSPS) is 15.3. The number of nitrogens with one attached hydrogen (secondary N) is 1. The summed E-state index contributed by atoms with van der Waals surface area (Å²) in [5, 5.41) is 2.73. The minimum Gasteiger partial charge on any atom is -0.492 e. The molecule has 1 fully saturated rings. The molecule has 7 heteroatoms. The molecule has 1 amide bonds. The van der Waals surface area contributed by atoms with E-state index in [0.29, 0.717) is 31.1 Å². The summed E-state index contributed by atoms with van der Waals surface area (Å²) in [6.45, 7) is 3.17.